The molecule has 0 heterocycles. The molecule has 1 aliphatic rings. The first-order valence-electron chi connectivity index (χ1n) is 13.5. The van der Waals surface area contributed by atoms with E-state index in [0.717, 1.165) is 24.2 Å². The van der Waals surface area contributed by atoms with Crippen LogP contribution >= 0.6 is 0 Å². The van der Waals surface area contributed by atoms with Crippen LogP contribution in [0, 0.1) is 0 Å². The van der Waals surface area contributed by atoms with Gasteiger partial charge in [-0.05, 0) is 60.2 Å². The number of rotatable bonds is 14. The normalized spacial score (nSPS) is 14.0. The molecular weight excluding hydrogens is 464 g/mol. The number of hydrogen-bond donors (Lipinski definition) is 0. The van der Waals surface area contributed by atoms with Crippen LogP contribution < -0.4 is 4.74 Å². The fourth-order valence-electron chi connectivity index (χ4n) is 5.07. The summed E-state index contributed by atoms with van der Waals surface area (Å²) in [5, 5.41) is 0. The highest BCUT2D eigenvalue weighted by Gasteiger charge is 2.43. The van der Waals surface area contributed by atoms with Crippen molar-refractivity contribution in [1.29, 1.82) is 0 Å². The standard InChI is InChI=1S/C32H38O5/c1-4-7-21-37-32(28-14-10-8-12-26(28)27-13-9-11-15-29(27)32)20-22-36-25-18-16-24(17-19-25)23-30(34-5-2)31(33)35-6-3/h8-19,30H,4-7,20-23H2,1-3H3. The summed E-state index contributed by atoms with van der Waals surface area (Å²) in [7, 11) is 0. The smallest absolute Gasteiger partial charge is 0.335 e. The molecule has 0 N–H and O–H groups in total. The molecule has 3 aromatic rings. The Hall–Kier alpha value is -3.15. The quantitative estimate of drug-likeness (QED) is 0.181. The molecule has 0 radical (unpaired) electrons. The number of fused-ring (bicyclic) bond motifs is 3. The van der Waals surface area contributed by atoms with E-state index in [1.54, 1.807) is 6.92 Å². The van der Waals surface area contributed by atoms with E-state index in [-0.39, 0.29) is 5.97 Å². The van der Waals surface area contributed by atoms with Gasteiger partial charge in [0.15, 0.2) is 6.10 Å². The lowest BCUT2D eigenvalue weighted by atomic mass is 9.88. The first-order valence-corrected chi connectivity index (χ1v) is 13.5. The van der Waals surface area contributed by atoms with Crippen LogP contribution in [0.25, 0.3) is 11.1 Å². The second-order valence-corrected chi connectivity index (χ2v) is 9.26. The molecule has 0 aromatic heterocycles. The summed E-state index contributed by atoms with van der Waals surface area (Å²) in [5.74, 6) is 0.464. The van der Waals surface area contributed by atoms with E-state index >= 15 is 0 Å². The predicted molar refractivity (Wildman–Crippen MR) is 146 cm³/mol. The Bertz CT molecular complexity index is 1110. The highest BCUT2D eigenvalue weighted by Crippen LogP contribution is 2.51. The largest absolute Gasteiger partial charge is 0.493 e. The molecule has 37 heavy (non-hydrogen) atoms. The molecule has 0 fully saturated rings. The molecule has 4 rings (SSSR count). The van der Waals surface area contributed by atoms with Crippen molar-refractivity contribution >= 4 is 5.97 Å². The minimum Gasteiger partial charge on any atom is -0.493 e. The van der Waals surface area contributed by atoms with E-state index in [9.17, 15) is 4.79 Å². The van der Waals surface area contributed by atoms with E-state index in [0.29, 0.717) is 39.3 Å². The molecule has 0 saturated carbocycles. The van der Waals surface area contributed by atoms with Crippen LogP contribution in [0.4, 0.5) is 0 Å². The van der Waals surface area contributed by atoms with Gasteiger partial charge >= 0.3 is 5.97 Å². The van der Waals surface area contributed by atoms with Crippen LogP contribution in [-0.4, -0.2) is 38.5 Å². The average molecular weight is 503 g/mol. The third-order valence-corrected chi connectivity index (χ3v) is 6.85. The minimum atomic E-state index is -0.598. The highest BCUT2D eigenvalue weighted by molar-refractivity contribution is 5.80. The van der Waals surface area contributed by atoms with E-state index < -0.39 is 11.7 Å². The SMILES string of the molecule is CCCCOC1(CCOc2ccc(CC(OCC)C(=O)OCC)cc2)c2ccccc2-c2ccccc21. The van der Waals surface area contributed by atoms with E-state index in [1.807, 2.05) is 31.2 Å². The van der Waals surface area contributed by atoms with Gasteiger partial charge in [0, 0.05) is 26.1 Å². The molecule has 0 amide bonds. The molecule has 0 saturated heterocycles. The number of unbranched alkanes of at least 4 members (excludes halogenated alkanes) is 1. The van der Waals surface area contributed by atoms with E-state index in [2.05, 4.69) is 55.5 Å². The van der Waals surface area contributed by atoms with E-state index in [4.69, 9.17) is 18.9 Å². The lowest BCUT2D eigenvalue weighted by Crippen LogP contribution is -2.31. The molecular formula is C32H38O5. The minimum absolute atomic E-state index is 0.324. The van der Waals surface area contributed by atoms with Crippen molar-refractivity contribution in [3.8, 4) is 16.9 Å². The Morgan fingerprint density at radius 1 is 0.811 bits per heavy atom. The summed E-state index contributed by atoms with van der Waals surface area (Å²) in [6.07, 6.45) is 2.68. The van der Waals surface area contributed by atoms with Crippen molar-refractivity contribution in [2.75, 3.05) is 26.4 Å². The van der Waals surface area contributed by atoms with Crippen LogP contribution in [0.3, 0.4) is 0 Å². The van der Waals surface area contributed by atoms with Gasteiger partial charge in [-0.2, -0.15) is 0 Å². The molecule has 196 valence electrons. The third-order valence-electron chi connectivity index (χ3n) is 6.85. The van der Waals surface area contributed by atoms with Gasteiger partial charge in [0.1, 0.15) is 11.4 Å². The molecule has 5 nitrogen and oxygen atoms in total. The molecule has 0 bridgehead atoms. The second kappa shape index (κ2) is 12.9. The Labute approximate surface area is 220 Å². The molecule has 3 aromatic carbocycles. The van der Waals surface area contributed by atoms with Crippen LogP contribution in [0.15, 0.2) is 72.8 Å². The molecule has 1 aliphatic carbocycles. The van der Waals surface area contributed by atoms with Gasteiger partial charge in [0.05, 0.1) is 13.2 Å². The van der Waals surface area contributed by atoms with Gasteiger partial charge in [-0.25, -0.2) is 4.79 Å². The van der Waals surface area contributed by atoms with E-state index in [1.165, 1.54) is 22.3 Å². The molecule has 0 aliphatic heterocycles. The van der Waals surface area contributed by atoms with Crippen LogP contribution in [-0.2, 0) is 31.0 Å². The summed E-state index contributed by atoms with van der Waals surface area (Å²) in [6.45, 7) is 7.88. The summed E-state index contributed by atoms with van der Waals surface area (Å²) in [5.41, 5.74) is 5.39. The Balaban J connectivity index is 1.47. The fourth-order valence-corrected chi connectivity index (χ4v) is 5.07. The van der Waals surface area contributed by atoms with Gasteiger partial charge in [-0.1, -0.05) is 74.0 Å². The lowest BCUT2D eigenvalue weighted by molar-refractivity contribution is -0.156. The van der Waals surface area contributed by atoms with Gasteiger partial charge in [-0.3, -0.25) is 0 Å². The van der Waals surface area contributed by atoms with Crippen LogP contribution in [0.1, 0.15) is 56.7 Å². The number of esters is 1. The summed E-state index contributed by atoms with van der Waals surface area (Å²) >= 11 is 0. The molecule has 0 spiro atoms. The Morgan fingerprint density at radius 2 is 1.46 bits per heavy atom. The lowest BCUT2D eigenvalue weighted by Gasteiger charge is -2.32. The first kappa shape index (κ1) is 26.9. The monoisotopic (exact) mass is 502 g/mol. The number of ether oxygens (including phenoxy) is 4. The summed E-state index contributed by atoms with van der Waals surface area (Å²) in [4.78, 5) is 12.2. The van der Waals surface area contributed by atoms with Gasteiger partial charge in [0.25, 0.3) is 0 Å². The van der Waals surface area contributed by atoms with Crippen molar-refractivity contribution in [2.24, 2.45) is 0 Å². The topological polar surface area (TPSA) is 54.0 Å². The van der Waals surface area contributed by atoms with Crippen molar-refractivity contribution in [3.63, 3.8) is 0 Å². The van der Waals surface area contributed by atoms with Crippen molar-refractivity contribution in [3.05, 3.63) is 89.5 Å². The number of benzene rings is 3. The Morgan fingerprint density at radius 3 is 2.05 bits per heavy atom. The summed E-state index contributed by atoms with van der Waals surface area (Å²) < 4.78 is 23.7. The number of carbonyl (C=O) groups excluding carboxylic acids is 1. The zero-order chi connectivity index (χ0) is 26.1. The number of hydrogen-bond acceptors (Lipinski definition) is 5. The average Bonchev–Trinajstić information content (AvgIpc) is 3.20. The maximum atomic E-state index is 12.2. The zero-order valence-corrected chi connectivity index (χ0v) is 22.2. The molecule has 1 atom stereocenters. The first-order chi connectivity index (χ1) is 18.1. The van der Waals surface area contributed by atoms with Gasteiger partial charge in [0.2, 0.25) is 0 Å². The third kappa shape index (κ3) is 6.06. The van der Waals surface area contributed by atoms with Crippen molar-refractivity contribution in [2.45, 2.75) is 58.2 Å². The fraction of sp³-hybridized carbons (Fsp3) is 0.406. The highest BCUT2D eigenvalue weighted by atomic mass is 16.6. The maximum Gasteiger partial charge on any atom is 0.335 e. The molecule has 1 unspecified atom stereocenters. The number of carbonyl (C=O) groups is 1. The zero-order valence-electron chi connectivity index (χ0n) is 22.2. The van der Waals surface area contributed by atoms with Gasteiger partial charge in [-0.15, -0.1) is 0 Å². The Kier molecular flexibility index (Phi) is 9.37. The van der Waals surface area contributed by atoms with Gasteiger partial charge < -0.3 is 18.9 Å². The second-order valence-electron chi connectivity index (χ2n) is 9.26. The maximum absolute atomic E-state index is 12.2. The summed E-state index contributed by atoms with van der Waals surface area (Å²) in [6, 6.07) is 25.0. The van der Waals surface area contributed by atoms with Crippen LogP contribution in [0.5, 0.6) is 5.75 Å². The predicted octanol–water partition coefficient (Wildman–Crippen LogP) is 6.71. The van der Waals surface area contributed by atoms with Crippen molar-refractivity contribution in [1.82, 2.24) is 0 Å². The van der Waals surface area contributed by atoms with Crippen molar-refractivity contribution < 1.29 is 23.7 Å². The molecule has 5 heteroatoms. The van der Waals surface area contributed by atoms with Crippen LogP contribution in [0.2, 0.25) is 0 Å².